The van der Waals surface area contributed by atoms with Gasteiger partial charge in [-0.1, -0.05) is 12.1 Å². The summed E-state index contributed by atoms with van der Waals surface area (Å²) >= 11 is 6.45. The minimum atomic E-state index is -0.557. The Hall–Kier alpha value is -3.24. The molecule has 10 heteroatoms. The molecule has 0 aliphatic carbocycles. The molecule has 2 heterocycles. The molecule has 0 saturated carbocycles. The van der Waals surface area contributed by atoms with E-state index in [1.165, 1.54) is 14.2 Å². The predicted octanol–water partition coefficient (Wildman–Crippen LogP) is 3.30. The fourth-order valence-corrected chi connectivity index (χ4v) is 4.11. The molecule has 156 valence electrons. The van der Waals surface area contributed by atoms with Crippen molar-refractivity contribution in [1.82, 2.24) is 15.1 Å². The van der Waals surface area contributed by atoms with Crippen molar-refractivity contribution < 1.29 is 19.1 Å². The van der Waals surface area contributed by atoms with Crippen molar-refractivity contribution in [3.63, 3.8) is 0 Å². The lowest BCUT2D eigenvalue weighted by Crippen LogP contribution is -2.28. The molecule has 0 aliphatic rings. The molecule has 2 aromatic heterocycles. The van der Waals surface area contributed by atoms with Gasteiger partial charge in [-0.25, -0.2) is 14.3 Å². The Morgan fingerprint density at radius 1 is 1.17 bits per heavy atom. The molecule has 0 amide bonds. The van der Waals surface area contributed by atoms with Gasteiger partial charge in [0.15, 0.2) is 5.11 Å². The van der Waals surface area contributed by atoms with Crippen LogP contribution in [-0.4, -0.2) is 41.1 Å². The molecule has 0 fully saturated rings. The summed E-state index contributed by atoms with van der Waals surface area (Å²) in [6.07, 6.45) is 3.59. The summed E-state index contributed by atoms with van der Waals surface area (Å²) in [5, 5.41) is 11.0. The predicted molar refractivity (Wildman–Crippen MR) is 118 cm³/mol. The van der Waals surface area contributed by atoms with E-state index in [2.05, 4.69) is 15.7 Å². The molecular weight excluding hydrogens is 424 g/mol. The summed E-state index contributed by atoms with van der Waals surface area (Å²) < 4.78 is 11.4. The summed E-state index contributed by atoms with van der Waals surface area (Å²) in [7, 11) is 2.57. The van der Waals surface area contributed by atoms with Gasteiger partial charge < -0.3 is 20.1 Å². The number of nitrogens with one attached hydrogen (secondary N) is 2. The first-order valence-electron chi connectivity index (χ1n) is 8.88. The van der Waals surface area contributed by atoms with E-state index in [0.29, 0.717) is 27.1 Å². The van der Waals surface area contributed by atoms with Crippen LogP contribution in [0.15, 0.2) is 42.7 Å². The number of thiocarbonyl (C=S) groups is 1. The second kappa shape index (κ2) is 9.51. The van der Waals surface area contributed by atoms with Crippen LogP contribution in [0.3, 0.4) is 0 Å². The number of esters is 2. The highest BCUT2D eigenvalue weighted by Gasteiger charge is 2.26. The van der Waals surface area contributed by atoms with Crippen LogP contribution in [-0.2, 0) is 16.0 Å². The Labute approximate surface area is 182 Å². The molecular formula is C20H20N4O4S2. The number of methoxy groups -OCH3 is 2. The average molecular weight is 445 g/mol. The van der Waals surface area contributed by atoms with Gasteiger partial charge in [0.2, 0.25) is 0 Å². The Kier molecular flexibility index (Phi) is 6.80. The van der Waals surface area contributed by atoms with Crippen LogP contribution >= 0.6 is 23.6 Å². The lowest BCUT2D eigenvalue weighted by Gasteiger charge is -2.11. The van der Waals surface area contributed by atoms with Crippen molar-refractivity contribution >= 4 is 45.6 Å². The van der Waals surface area contributed by atoms with Gasteiger partial charge in [0.25, 0.3) is 0 Å². The topological polar surface area (TPSA) is 94.5 Å². The molecule has 0 bridgehead atoms. The number of thiophene rings is 1. The van der Waals surface area contributed by atoms with Crippen LogP contribution in [0.2, 0.25) is 0 Å². The number of anilines is 1. The fraction of sp³-hybridized carbons (Fsp3) is 0.200. The van der Waals surface area contributed by atoms with Crippen LogP contribution in [0.5, 0.6) is 0 Å². The fourth-order valence-electron chi connectivity index (χ4n) is 2.75. The molecule has 0 radical (unpaired) electrons. The molecule has 0 aliphatic heterocycles. The van der Waals surface area contributed by atoms with Crippen molar-refractivity contribution in [3.8, 4) is 5.69 Å². The zero-order chi connectivity index (χ0) is 21.7. The van der Waals surface area contributed by atoms with Crippen LogP contribution in [0.4, 0.5) is 5.00 Å². The van der Waals surface area contributed by atoms with Gasteiger partial charge >= 0.3 is 11.9 Å². The van der Waals surface area contributed by atoms with E-state index in [1.54, 1.807) is 17.8 Å². The second-order valence-electron chi connectivity index (χ2n) is 6.17. The third-order valence-electron chi connectivity index (χ3n) is 4.29. The van der Waals surface area contributed by atoms with E-state index in [-0.39, 0.29) is 5.56 Å². The Morgan fingerprint density at radius 3 is 2.47 bits per heavy atom. The zero-order valence-corrected chi connectivity index (χ0v) is 18.2. The molecule has 0 spiro atoms. The molecule has 8 nitrogen and oxygen atoms in total. The maximum absolute atomic E-state index is 12.2. The first-order chi connectivity index (χ1) is 14.4. The minimum absolute atomic E-state index is 0.260. The number of benzene rings is 1. The quantitative estimate of drug-likeness (QED) is 0.442. The lowest BCUT2D eigenvalue weighted by atomic mass is 10.1. The van der Waals surface area contributed by atoms with Crippen molar-refractivity contribution in [2.24, 2.45) is 0 Å². The van der Waals surface area contributed by atoms with Gasteiger partial charge in [0.05, 0.1) is 25.5 Å². The van der Waals surface area contributed by atoms with Crippen LogP contribution < -0.4 is 10.6 Å². The standard InChI is InChI=1S/C20H20N4O4S2/c1-12-15(18(25)27-2)17(30-16(12)19(26)28-3)23-20(29)21-11-13-5-7-14(8-6-13)24-10-4-9-22-24/h4-10H,11H2,1-3H3,(H2,21,23,29). The normalized spacial score (nSPS) is 10.4. The number of aromatic nitrogens is 2. The Balaban J connectivity index is 1.68. The molecule has 2 N–H and O–H groups in total. The largest absolute Gasteiger partial charge is 0.465 e. The Morgan fingerprint density at radius 2 is 1.87 bits per heavy atom. The zero-order valence-electron chi connectivity index (χ0n) is 16.6. The molecule has 1 aromatic carbocycles. The number of nitrogens with zero attached hydrogens (tertiary/aromatic N) is 2. The van der Waals surface area contributed by atoms with E-state index in [9.17, 15) is 9.59 Å². The van der Waals surface area contributed by atoms with Gasteiger partial charge in [-0.2, -0.15) is 5.10 Å². The number of carbonyl (C=O) groups is 2. The highest BCUT2D eigenvalue weighted by Crippen LogP contribution is 2.34. The maximum Gasteiger partial charge on any atom is 0.348 e. The third kappa shape index (κ3) is 4.66. The van der Waals surface area contributed by atoms with E-state index >= 15 is 0 Å². The van der Waals surface area contributed by atoms with E-state index in [4.69, 9.17) is 21.7 Å². The molecule has 3 aromatic rings. The van der Waals surface area contributed by atoms with Gasteiger partial charge in [-0.15, -0.1) is 11.3 Å². The van der Waals surface area contributed by atoms with E-state index < -0.39 is 11.9 Å². The number of ether oxygens (including phenoxy) is 2. The van der Waals surface area contributed by atoms with E-state index in [0.717, 1.165) is 22.6 Å². The highest BCUT2D eigenvalue weighted by atomic mass is 32.1. The number of hydrogen-bond donors (Lipinski definition) is 2. The average Bonchev–Trinajstić information content (AvgIpc) is 3.40. The molecule has 0 unspecified atom stereocenters. The number of hydrogen-bond acceptors (Lipinski definition) is 7. The highest BCUT2D eigenvalue weighted by molar-refractivity contribution is 7.80. The maximum atomic E-state index is 12.2. The van der Waals surface area contributed by atoms with Gasteiger partial charge in [0.1, 0.15) is 9.88 Å². The lowest BCUT2D eigenvalue weighted by molar-refractivity contribution is 0.0601. The van der Waals surface area contributed by atoms with Crippen LogP contribution in [0.1, 0.15) is 31.2 Å². The smallest absolute Gasteiger partial charge is 0.348 e. The molecule has 0 atom stereocenters. The molecule has 30 heavy (non-hydrogen) atoms. The van der Waals surface area contributed by atoms with Crippen molar-refractivity contribution in [1.29, 1.82) is 0 Å². The van der Waals surface area contributed by atoms with Crippen molar-refractivity contribution in [2.75, 3.05) is 19.5 Å². The van der Waals surface area contributed by atoms with Crippen LogP contribution in [0.25, 0.3) is 5.69 Å². The summed E-state index contributed by atoms with van der Waals surface area (Å²) in [5.41, 5.74) is 2.71. The van der Waals surface area contributed by atoms with E-state index in [1.807, 2.05) is 36.5 Å². The molecule has 0 saturated heterocycles. The summed E-state index contributed by atoms with van der Waals surface area (Å²) in [5.74, 6) is -1.08. The summed E-state index contributed by atoms with van der Waals surface area (Å²) in [6.45, 7) is 2.14. The van der Waals surface area contributed by atoms with Crippen molar-refractivity contribution in [3.05, 3.63) is 64.3 Å². The minimum Gasteiger partial charge on any atom is -0.465 e. The SMILES string of the molecule is COC(=O)c1sc(NC(=S)NCc2ccc(-n3cccn3)cc2)c(C(=O)OC)c1C. The van der Waals surface area contributed by atoms with Gasteiger partial charge in [-0.05, 0) is 48.5 Å². The van der Waals surface area contributed by atoms with Gasteiger partial charge in [-0.3, -0.25) is 0 Å². The van der Waals surface area contributed by atoms with Crippen LogP contribution in [0, 0.1) is 6.92 Å². The monoisotopic (exact) mass is 444 g/mol. The van der Waals surface area contributed by atoms with Gasteiger partial charge in [0, 0.05) is 18.9 Å². The first kappa shape index (κ1) is 21.5. The number of rotatable bonds is 6. The first-order valence-corrected chi connectivity index (χ1v) is 10.1. The molecule has 3 rings (SSSR count). The third-order valence-corrected chi connectivity index (χ3v) is 5.73. The summed E-state index contributed by atoms with van der Waals surface area (Å²) in [4.78, 5) is 24.5. The van der Waals surface area contributed by atoms with Crippen molar-refractivity contribution in [2.45, 2.75) is 13.5 Å². The Bertz CT molecular complexity index is 1060. The second-order valence-corrected chi connectivity index (χ2v) is 7.60. The number of carbonyl (C=O) groups excluding carboxylic acids is 2. The summed E-state index contributed by atoms with van der Waals surface area (Å²) in [6, 6.07) is 9.72.